The molecule has 3 rings (SSSR count). The summed E-state index contributed by atoms with van der Waals surface area (Å²) in [6, 6.07) is 11.3. The molecule has 1 saturated heterocycles. The molecule has 2 aromatic rings. The highest BCUT2D eigenvalue weighted by Gasteiger charge is 2.15. The van der Waals surface area contributed by atoms with Crippen LogP contribution in [0.5, 0.6) is 11.5 Å². The molecular formula is C24H32ClN3O4. The second-order valence-corrected chi connectivity index (χ2v) is 8.08. The van der Waals surface area contributed by atoms with Crippen LogP contribution in [0.3, 0.4) is 0 Å². The van der Waals surface area contributed by atoms with Crippen LogP contribution in [-0.4, -0.2) is 63.4 Å². The summed E-state index contributed by atoms with van der Waals surface area (Å²) < 4.78 is 16.8. The van der Waals surface area contributed by atoms with Crippen LogP contribution >= 0.6 is 11.6 Å². The van der Waals surface area contributed by atoms with Gasteiger partial charge in [-0.3, -0.25) is 9.69 Å². The van der Waals surface area contributed by atoms with E-state index in [2.05, 4.69) is 15.5 Å². The molecule has 1 amide bonds. The Labute approximate surface area is 195 Å². The van der Waals surface area contributed by atoms with Crippen LogP contribution in [0.4, 0.5) is 5.69 Å². The normalized spacial score (nSPS) is 14.2. The lowest BCUT2D eigenvalue weighted by Gasteiger charge is -2.26. The molecule has 0 aliphatic carbocycles. The van der Waals surface area contributed by atoms with E-state index in [-0.39, 0.29) is 12.5 Å². The molecule has 0 saturated carbocycles. The predicted octanol–water partition coefficient (Wildman–Crippen LogP) is 3.49. The minimum atomic E-state index is -0.263. The van der Waals surface area contributed by atoms with Gasteiger partial charge in [0.15, 0.2) is 18.1 Å². The second kappa shape index (κ2) is 12.6. The number of aryl methyl sites for hydroxylation is 1. The van der Waals surface area contributed by atoms with Gasteiger partial charge in [0.05, 0.1) is 24.8 Å². The summed E-state index contributed by atoms with van der Waals surface area (Å²) in [6.07, 6.45) is 0. The molecule has 0 spiro atoms. The van der Waals surface area contributed by atoms with E-state index in [1.165, 1.54) is 0 Å². The summed E-state index contributed by atoms with van der Waals surface area (Å²) in [4.78, 5) is 14.7. The first-order valence-corrected chi connectivity index (χ1v) is 11.4. The minimum absolute atomic E-state index is 0.162. The molecule has 2 N–H and O–H groups in total. The van der Waals surface area contributed by atoms with Crippen LogP contribution < -0.4 is 20.1 Å². The van der Waals surface area contributed by atoms with Gasteiger partial charge in [0.2, 0.25) is 0 Å². The maximum absolute atomic E-state index is 12.3. The van der Waals surface area contributed by atoms with E-state index in [9.17, 15) is 4.79 Å². The van der Waals surface area contributed by atoms with Crippen LogP contribution in [0.2, 0.25) is 5.02 Å². The van der Waals surface area contributed by atoms with Gasteiger partial charge in [0.1, 0.15) is 0 Å². The molecule has 0 unspecified atom stereocenters. The lowest BCUT2D eigenvalue weighted by molar-refractivity contribution is -0.118. The fourth-order valence-electron chi connectivity index (χ4n) is 3.39. The van der Waals surface area contributed by atoms with E-state index in [0.717, 1.165) is 56.2 Å². The zero-order chi connectivity index (χ0) is 22.8. The third-order valence-electron chi connectivity index (χ3n) is 5.09. The molecule has 0 atom stereocenters. The van der Waals surface area contributed by atoms with Crippen LogP contribution in [0.1, 0.15) is 18.1 Å². The van der Waals surface area contributed by atoms with Gasteiger partial charge in [-0.05, 0) is 43.7 Å². The first kappa shape index (κ1) is 24.3. The van der Waals surface area contributed by atoms with Gasteiger partial charge in [-0.25, -0.2) is 0 Å². The first-order valence-electron chi connectivity index (χ1n) is 11.0. The quantitative estimate of drug-likeness (QED) is 0.499. The van der Waals surface area contributed by atoms with Gasteiger partial charge >= 0.3 is 0 Å². The Bertz CT molecular complexity index is 870. The molecule has 7 nitrogen and oxygen atoms in total. The van der Waals surface area contributed by atoms with Crippen molar-refractivity contribution in [3.8, 4) is 11.5 Å². The summed E-state index contributed by atoms with van der Waals surface area (Å²) in [6.45, 7) is 10.3. The Morgan fingerprint density at radius 3 is 2.62 bits per heavy atom. The number of rotatable bonds is 11. The van der Waals surface area contributed by atoms with Crippen molar-refractivity contribution in [1.29, 1.82) is 0 Å². The Balaban J connectivity index is 1.53. The second-order valence-electron chi connectivity index (χ2n) is 7.67. The van der Waals surface area contributed by atoms with Crippen LogP contribution in [0, 0.1) is 6.92 Å². The smallest absolute Gasteiger partial charge is 0.262 e. The van der Waals surface area contributed by atoms with E-state index < -0.39 is 0 Å². The first-order chi connectivity index (χ1) is 15.5. The fourth-order valence-corrected chi connectivity index (χ4v) is 3.68. The van der Waals surface area contributed by atoms with E-state index in [4.69, 9.17) is 25.8 Å². The SMILES string of the molecule is CCOc1cc(CNCCN2CCOCC2)cc(Cl)c1OCC(=O)Nc1ccc(C)cc1. The topological polar surface area (TPSA) is 72.1 Å². The molecular weight excluding hydrogens is 430 g/mol. The van der Waals surface area contributed by atoms with Crippen molar-refractivity contribution in [2.24, 2.45) is 0 Å². The van der Waals surface area contributed by atoms with Crippen molar-refractivity contribution in [1.82, 2.24) is 10.2 Å². The zero-order valence-corrected chi connectivity index (χ0v) is 19.5. The lowest BCUT2D eigenvalue weighted by atomic mass is 10.2. The number of carbonyl (C=O) groups is 1. The van der Waals surface area contributed by atoms with Gasteiger partial charge in [-0.1, -0.05) is 29.3 Å². The summed E-state index contributed by atoms with van der Waals surface area (Å²) in [5.74, 6) is 0.652. The third kappa shape index (κ3) is 7.67. The minimum Gasteiger partial charge on any atom is -0.490 e. The van der Waals surface area contributed by atoms with Crippen LogP contribution in [0.25, 0.3) is 0 Å². The average Bonchev–Trinajstić information content (AvgIpc) is 2.79. The predicted molar refractivity (Wildman–Crippen MR) is 127 cm³/mol. The van der Waals surface area contributed by atoms with Crippen molar-refractivity contribution in [2.75, 3.05) is 57.9 Å². The summed E-state index contributed by atoms with van der Waals surface area (Å²) in [5.41, 5.74) is 2.85. The molecule has 2 aromatic carbocycles. The van der Waals surface area contributed by atoms with Crippen molar-refractivity contribution in [3.63, 3.8) is 0 Å². The Morgan fingerprint density at radius 2 is 1.91 bits per heavy atom. The number of hydrogen-bond acceptors (Lipinski definition) is 6. The largest absolute Gasteiger partial charge is 0.490 e. The van der Waals surface area contributed by atoms with Crippen molar-refractivity contribution >= 4 is 23.2 Å². The number of nitrogens with zero attached hydrogens (tertiary/aromatic N) is 1. The van der Waals surface area contributed by atoms with Gasteiger partial charge in [-0.2, -0.15) is 0 Å². The molecule has 1 aliphatic rings. The van der Waals surface area contributed by atoms with E-state index in [0.29, 0.717) is 29.7 Å². The molecule has 1 fully saturated rings. The maximum atomic E-state index is 12.3. The average molecular weight is 462 g/mol. The van der Waals surface area contributed by atoms with Crippen molar-refractivity contribution < 1.29 is 19.0 Å². The summed E-state index contributed by atoms with van der Waals surface area (Å²) in [7, 11) is 0. The lowest BCUT2D eigenvalue weighted by Crippen LogP contribution is -2.40. The number of benzene rings is 2. The van der Waals surface area contributed by atoms with Crippen LogP contribution in [-0.2, 0) is 16.1 Å². The number of morpholine rings is 1. The highest BCUT2D eigenvalue weighted by Crippen LogP contribution is 2.36. The number of amides is 1. The molecule has 1 aliphatic heterocycles. The summed E-state index contributed by atoms with van der Waals surface area (Å²) >= 11 is 6.48. The molecule has 8 heteroatoms. The van der Waals surface area contributed by atoms with E-state index in [1.807, 2.05) is 50.2 Å². The van der Waals surface area contributed by atoms with Crippen LogP contribution in [0.15, 0.2) is 36.4 Å². The van der Waals surface area contributed by atoms with Gasteiger partial charge < -0.3 is 24.8 Å². The zero-order valence-electron chi connectivity index (χ0n) is 18.8. The molecule has 0 bridgehead atoms. The number of hydrogen-bond donors (Lipinski definition) is 2. The summed E-state index contributed by atoms with van der Waals surface area (Å²) in [5, 5.41) is 6.68. The molecule has 0 aromatic heterocycles. The Hall–Kier alpha value is -2.32. The fraction of sp³-hybridized carbons (Fsp3) is 0.458. The number of nitrogens with one attached hydrogen (secondary N) is 2. The highest BCUT2D eigenvalue weighted by atomic mass is 35.5. The van der Waals surface area contributed by atoms with E-state index >= 15 is 0 Å². The number of halogens is 1. The van der Waals surface area contributed by atoms with Crippen molar-refractivity contribution in [2.45, 2.75) is 20.4 Å². The maximum Gasteiger partial charge on any atom is 0.262 e. The molecule has 1 heterocycles. The highest BCUT2D eigenvalue weighted by molar-refractivity contribution is 6.32. The Morgan fingerprint density at radius 1 is 1.16 bits per heavy atom. The molecule has 0 radical (unpaired) electrons. The number of carbonyl (C=O) groups excluding carboxylic acids is 1. The Kier molecular flexibility index (Phi) is 9.62. The number of anilines is 1. The standard InChI is InChI=1S/C24H32ClN3O4/c1-3-31-22-15-19(16-26-8-9-28-10-12-30-13-11-28)14-21(25)24(22)32-17-23(29)27-20-6-4-18(2)5-7-20/h4-7,14-15,26H,3,8-13,16-17H2,1-2H3,(H,27,29). The van der Waals surface area contributed by atoms with Crippen molar-refractivity contribution in [3.05, 3.63) is 52.5 Å². The molecule has 174 valence electrons. The monoisotopic (exact) mass is 461 g/mol. The van der Waals surface area contributed by atoms with Gasteiger partial charge in [-0.15, -0.1) is 0 Å². The van der Waals surface area contributed by atoms with Gasteiger partial charge in [0.25, 0.3) is 5.91 Å². The van der Waals surface area contributed by atoms with Gasteiger partial charge in [0, 0.05) is 38.4 Å². The molecule has 32 heavy (non-hydrogen) atoms. The number of ether oxygens (including phenoxy) is 3. The van der Waals surface area contributed by atoms with E-state index in [1.54, 1.807) is 0 Å². The third-order valence-corrected chi connectivity index (χ3v) is 5.37.